The van der Waals surface area contributed by atoms with Crippen molar-refractivity contribution in [3.63, 3.8) is 0 Å². The average Bonchev–Trinajstić information content (AvgIpc) is 3.13. The SMILES string of the molecule is CC1=C2C(C[C@@H]1OC(=O)/C=C/c1ccc(Cl)cc1)[C@](C)(O)CC[C@H]1[C@H](C)C(=O)O[C@H]21. The van der Waals surface area contributed by atoms with E-state index in [9.17, 15) is 14.7 Å². The first kappa shape index (κ1) is 21.1. The van der Waals surface area contributed by atoms with Gasteiger partial charge in [-0.25, -0.2) is 4.79 Å². The third kappa shape index (κ3) is 3.81. The van der Waals surface area contributed by atoms with Crippen molar-refractivity contribution < 1.29 is 24.2 Å². The highest BCUT2D eigenvalue weighted by molar-refractivity contribution is 6.30. The van der Waals surface area contributed by atoms with E-state index in [1.807, 2.05) is 32.9 Å². The highest BCUT2D eigenvalue weighted by Crippen LogP contribution is 2.52. The zero-order valence-electron chi connectivity index (χ0n) is 17.4. The van der Waals surface area contributed by atoms with Crippen molar-refractivity contribution in [1.82, 2.24) is 0 Å². The molecule has 5 nitrogen and oxygen atoms in total. The summed E-state index contributed by atoms with van der Waals surface area (Å²) in [5, 5.41) is 11.8. The molecular weight excluding hydrogens is 404 g/mol. The van der Waals surface area contributed by atoms with E-state index in [4.69, 9.17) is 21.1 Å². The van der Waals surface area contributed by atoms with E-state index in [-0.39, 0.29) is 29.8 Å². The summed E-state index contributed by atoms with van der Waals surface area (Å²) < 4.78 is 11.5. The van der Waals surface area contributed by atoms with Crippen LogP contribution in [0.1, 0.15) is 45.6 Å². The number of hydrogen-bond acceptors (Lipinski definition) is 5. The second-order valence-corrected chi connectivity index (χ2v) is 9.38. The minimum Gasteiger partial charge on any atom is -0.457 e. The first-order valence-corrected chi connectivity index (χ1v) is 10.8. The molecule has 1 aromatic rings. The van der Waals surface area contributed by atoms with Crippen molar-refractivity contribution in [2.24, 2.45) is 17.8 Å². The molecule has 0 amide bonds. The lowest BCUT2D eigenvalue weighted by Crippen LogP contribution is -2.35. The lowest BCUT2D eigenvalue weighted by Gasteiger charge is -2.31. The molecule has 6 heteroatoms. The molecule has 30 heavy (non-hydrogen) atoms. The van der Waals surface area contributed by atoms with Crippen LogP contribution in [0.25, 0.3) is 6.08 Å². The van der Waals surface area contributed by atoms with Crippen molar-refractivity contribution in [1.29, 1.82) is 0 Å². The summed E-state index contributed by atoms with van der Waals surface area (Å²) in [6.07, 6.45) is 4.14. The van der Waals surface area contributed by atoms with Gasteiger partial charge in [0, 0.05) is 22.9 Å². The summed E-state index contributed by atoms with van der Waals surface area (Å²) in [5.41, 5.74) is 1.76. The highest BCUT2D eigenvalue weighted by atomic mass is 35.5. The highest BCUT2D eigenvalue weighted by Gasteiger charge is 2.55. The molecule has 0 spiro atoms. The van der Waals surface area contributed by atoms with Crippen molar-refractivity contribution in [3.8, 4) is 0 Å². The standard InChI is InChI=1S/C24H27ClO5/c1-13-17-10-11-24(3,28)18-12-19(14(2)21(18)22(17)30-23(13)27)29-20(26)9-6-15-4-7-16(25)8-5-15/h4-9,13,17-19,22,28H,10-12H2,1-3H3/b9-6+/t13-,17-,18?,19-,22-,24+/m0/s1. The maximum absolute atomic E-state index is 12.4. The molecule has 2 fully saturated rings. The average molecular weight is 431 g/mol. The van der Waals surface area contributed by atoms with Gasteiger partial charge in [-0.15, -0.1) is 0 Å². The first-order chi connectivity index (χ1) is 14.2. The summed E-state index contributed by atoms with van der Waals surface area (Å²) in [6, 6.07) is 7.15. The van der Waals surface area contributed by atoms with Gasteiger partial charge in [-0.05, 0) is 68.0 Å². The Morgan fingerprint density at radius 3 is 2.73 bits per heavy atom. The Kier molecular flexibility index (Phi) is 5.54. The van der Waals surface area contributed by atoms with Gasteiger partial charge >= 0.3 is 11.9 Å². The van der Waals surface area contributed by atoms with Crippen LogP contribution in [-0.2, 0) is 19.1 Å². The zero-order valence-corrected chi connectivity index (χ0v) is 18.2. The number of halogens is 1. The van der Waals surface area contributed by atoms with E-state index in [0.29, 0.717) is 17.9 Å². The second kappa shape index (κ2) is 7.86. The summed E-state index contributed by atoms with van der Waals surface area (Å²) in [6.45, 7) is 5.65. The Labute approximate surface area is 181 Å². The number of carbonyl (C=O) groups is 2. The molecule has 6 atom stereocenters. The van der Waals surface area contributed by atoms with E-state index in [0.717, 1.165) is 23.1 Å². The molecule has 160 valence electrons. The molecule has 1 heterocycles. The molecule has 4 rings (SSSR count). The fourth-order valence-corrected chi connectivity index (χ4v) is 5.26. The number of benzene rings is 1. The third-order valence-corrected chi connectivity index (χ3v) is 7.24. The lowest BCUT2D eigenvalue weighted by atomic mass is 9.81. The summed E-state index contributed by atoms with van der Waals surface area (Å²) >= 11 is 5.88. The van der Waals surface area contributed by atoms with Gasteiger partial charge in [-0.3, -0.25) is 4.79 Å². The van der Waals surface area contributed by atoms with Crippen LogP contribution >= 0.6 is 11.6 Å². The molecule has 2 aliphatic carbocycles. The predicted molar refractivity (Wildman–Crippen MR) is 114 cm³/mol. The number of fused-ring (bicyclic) bond motifs is 3. The molecule has 1 N–H and O–H groups in total. The maximum atomic E-state index is 12.4. The summed E-state index contributed by atoms with van der Waals surface area (Å²) in [4.78, 5) is 24.6. The molecule has 1 saturated carbocycles. The van der Waals surface area contributed by atoms with Crippen LogP contribution in [0.2, 0.25) is 5.02 Å². The maximum Gasteiger partial charge on any atom is 0.331 e. The van der Waals surface area contributed by atoms with Gasteiger partial charge < -0.3 is 14.6 Å². The number of esters is 2. The van der Waals surface area contributed by atoms with E-state index < -0.39 is 17.7 Å². The van der Waals surface area contributed by atoms with E-state index in [1.54, 1.807) is 18.2 Å². The van der Waals surface area contributed by atoms with E-state index >= 15 is 0 Å². The van der Waals surface area contributed by atoms with Gasteiger partial charge in [0.1, 0.15) is 12.2 Å². The fourth-order valence-electron chi connectivity index (χ4n) is 5.13. The topological polar surface area (TPSA) is 72.8 Å². The molecule has 1 aliphatic heterocycles. The van der Waals surface area contributed by atoms with Crippen LogP contribution in [0.3, 0.4) is 0 Å². The molecule has 0 bridgehead atoms. The molecule has 1 saturated heterocycles. The van der Waals surface area contributed by atoms with Crippen LogP contribution < -0.4 is 0 Å². The number of carbonyl (C=O) groups excluding carboxylic acids is 2. The van der Waals surface area contributed by atoms with Gasteiger partial charge in [0.2, 0.25) is 0 Å². The Balaban J connectivity index is 1.54. The fraction of sp³-hybridized carbons (Fsp3) is 0.500. The summed E-state index contributed by atoms with van der Waals surface area (Å²) in [7, 11) is 0. The van der Waals surface area contributed by atoms with Crippen molar-refractivity contribution in [2.45, 2.75) is 57.8 Å². The first-order valence-electron chi connectivity index (χ1n) is 10.4. The Bertz CT molecular complexity index is 914. The monoisotopic (exact) mass is 430 g/mol. The second-order valence-electron chi connectivity index (χ2n) is 8.94. The van der Waals surface area contributed by atoms with E-state index in [1.165, 1.54) is 6.08 Å². The minimum atomic E-state index is -0.923. The molecule has 1 unspecified atom stereocenters. The van der Waals surface area contributed by atoms with Crippen LogP contribution in [0.4, 0.5) is 0 Å². The Morgan fingerprint density at radius 1 is 1.33 bits per heavy atom. The Hall–Kier alpha value is -2.11. The van der Waals surface area contributed by atoms with E-state index in [2.05, 4.69) is 0 Å². The molecule has 0 aromatic heterocycles. The zero-order chi connectivity index (χ0) is 21.6. The number of rotatable bonds is 3. The predicted octanol–water partition coefficient (Wildman–Crippen LogP) is 4.32. The minimum absolute atomic E-state index is 0.0539. The van der Waals surface area contributed by atoms with Gasteiger partial charge in [-0.1, -0.05) is 30.7 Å². The molecule has 0 radical (unpaired) electrons. The van der Waals surface area contributed by atoms with Gasteiger partial charge in [0.15, 0.2) is 0 Å². The Morgan fingerprint density at radius 2 is 2.03 bits per heavy atom. The van der Waals surface area contributed by atoms with Crippen LogP contribution in [-0.4, -0.2) is 34.9 Å². The van der Waals surface area contributed by atoms with Crippen molar-refractivity contribution in [2.75, 3.05) is 0 Å². The van der Waals surface area contributed by atoms with Gasteiger partial charge in [0.25, 0.3) is 0 Å². The normalized spacial score (nSPS) is 35.8. The number of aliphatic hydroxyl groups is 1. The van der Waals surface area contributed by atoms with Crippen molar-refractivity contribution in [3.05, 3.63) is 52.1 Å². The lowest BCUT2D eigenvalue weighted by molar-refractivity contribution is -0.143. The third-order valence-electron chi connectivity index (χ3n) is 6.99. The molecule has 3 aliphatic rings. The van der Waals surface area contributed by atoms with Crippen LogP contribution in [0.5, 0.6) is 0 Å². The van der Waals surface area contributed by atoms with Gasteiger partial charge in [-0.2, -0.15) is 0 Å². The van der Waals surface area contributed by atoms with Gasteiger partial charge in [0.05, 0.1) is 11.5 Å². The number of ether oxygens (including phenoxy) is 2. The largest absolute Gasteiger partial charge is 0.457 e. The molecular formula is C24H27ClO5. The quantitative estimate of drug-likeness (QED) is 0.439. The number of hydrogen-bond donors (Lipinski definition) is 1. The summed E-state index contributed by atoms with van der Waals surface area (Å²) in [5.74, 6) is -0.952. The van der Waals surface area contributed by atoms with Crippen LogP contribution in [0.15, 0.2) is 41.5 Å². The van der Waals surface area contributed by atoms with Crippen molar-refractivity contribution >= 4 is 29.6 Å². The van der Waals surface area contributed by atoms with Crippen LogP contribution in [0, 0.1) is 17.8 Å². The smallest absolute Gasteiger partial charge is 0.331 e. The molecule has 1 aromatic carbocycles.